The Morgan fingerprint density at radius 1 is 1.19 bits per heavy atom. The van der Waals surface area contributed by atoms with Crippen LogP contribution in [0.4, 0.5) is 11.6 Å². The van der Waals surface area contributed by atoms with Gasteiger partial charge in [0.1, 0.15) is 5.75 Å². The molecule has 4 heterocycles. The van der Waals surface area contributed by atoms with Crippen molar-refractivity contribution in [3.63, 3.8) is 0 Å². The predicted octanol–water partition coefficient (Wildman–Crippen LogP) is 5.03. The topological polar surface area (TPSA) is 102 Å². The zero-order chi connectivity index (χ0) is 25.4. The number of aliphatic imine (C=N–C) groups is 1. The average Bonchev–Trinajstić information content (AvgIpc) is 3.57. The molecule has 2 unspecified atom stereocenters. The van der Waals surface area contributed by atoms with Crippen LogP contribution < -0.4 is 15.8 Å². The van der Waals surface area contributed by atoms with E-state index in [1.165, 1.54) is 10.4 Å². The van der Waals surface area contributed by atoms with Gasteiger partial charge in [0.05, 0.1) is 18.0 Å². The van der Waals surface area contributed by atoms with Crippen LogP contribution in [0.2, 0.25) is 0 Å². The summed E-state index contributed by atoms with van der Waals surface area (Å²) in [6.07, 6.45) is 4.08. The Balaban J connectivity index is 1.16. The van der Waals surface area contributed by atoms with Gasteiger partial charge in [-0.3, -0.25) is 9.79 Å². The van der Waals surface area contributed by atoms with Gasteiger partial charge in [0.2, 0.25) is 5.95 Å². The molecule has 0 saturated heterocycles. The van der Waals surface area contributed by atoms with Crippen LogP contribution >= 0.6 is 11.3 Å². The van der Waals surface area contributed by atoms with Gasteiger partial charge in [-0.15, -0.1) is 11.3 Å². The number of nitrogen functional groups attached to an aromatic ring is 1. The number of carbonyl (C=O) groups is 1. The lowest BCUT2D eigenvalue weighted by Crippen LogP contribution is -2.34. The van der Waals surface area contributed by atoms with E-state index in [2.05, 4.69) is 44.9 Å². The molecule has 0 radical (unpaired) electrons. The van der Waals surface area contributed by atoms with E-state index in [-0.39, 0.29) is 23.8 Å². The number of nitrogens with one attached hydrogen (secondary N) is 1. The van der Waals surface area contributed by atoms with Crippen LogP contribution in [0, 0.1) is 5.92 Å². The quantitative estimate of drug-likeness (QED) is 0.380. The molecule has 0 saturated carbocycles. The lowest BCUT2D eigenvalue weighted by Gasteiger charge is -2.26. The fourth-order valence-electron chi connectivity index (χ4n) is 4.97. The minimum Gasteiger partial charge on any atom is -0.493 e. The van der Waals surface area contributed by atoms with Crippen molar-refractivity contribution in [2.45, 2.75) is 32.2 Å². The highest BCUT2D eigenvalue weighted by atomic mass is 32.1. The molecule has 4 aromatic rings. The summed E-state index contributed by atoms with van der Waals surface area (Å²) in [5.41, 5.74) is 12.5. The second-order valence-corrected chi connectivity index (χ2v) is 10.6. The molecule has 0 spiro atoms. The number of amides is 1. The van der Waals surface area contributed by atoms with Crippen molar-refractivity contribution in [2.24, 2.45) is 10.9 Å². The van der Waals surface area contributed by atoms with Crippen molar-refractivity contribution in [3.05, 3.63) is 87.7 Å². The molecule has 0 aliphatic carbocycles. The van der Waals surface area contributed by atoms with Crippen LogP contribution in [0.25, 0.3) is 11.3 Å². The van der Waals surface area contributed by atoms with Crippen molar-refractivity contribution in [2.75, 3.05) is 12.3 Å². The molecule has 1 amide bonds. The first kappa shape index (κ1) is 23.4. The molecule has 6 rings (SSSR count). The Bertz CT molecular complexity index is 1500. The highest BCUT2D eigenvalue weighted by molar-refractivity contribution is 7.09. The standard InChI is InChI=1S/C29H27N5O2S/c1-17(11-23-3-2-10-37-23)32-28(35)20-6-7-27-21(12-20)13-22(16-36-27)26-15-19-5-4-18(14-25(19)33-26)24-8-9-31-29(30)34-24/h2-10,12,14,17,22H,11,13,15-16H2,1H3,(H,32,35)(H2,30,31,34). The SMILES string of the molecule is CC(Cc1cccs1)NC(=O)c1ccc2c(c1)CC(C1=Nc3cc(-c4ccnc(N)n4)ccc3C1)CO2. The molecular formula is C29H27N5O2S. The minimum atomic E-state index is -0.0579. The normalized spacial score (nSPS) is 16.8. The van der Waals surface area contributed by atoms with Crippen LogP contribution in [0.5, 0.6) is 5.75 Å². The van der Waals surface area contributed by atoms with Crippen LogP contribution in [0.3, 0.4) is 0 Å². The fraction of sp³-hybridized carbons (Fsp3) is 0.241. The van der Waals surface area contributed by atoms with Crippen molar-refractivity contribution in [1.29, 1.82) is 0 Å². The zero-order valence-corrected chi connectivity index (χ0v) is 21.3. The van der Waals surface area contributed by atoms with Gasteiger partial charge in [0.25, 0.3) is 5.91 Å². The Morgan fingerprint density at radius 2 is 2.11 bits per heavy atom. The lowest BCUT2D eigenvalue weighted by atomic mass is 9.89. The number of benzene rings is 2. The smallest absolute Gasteiger partial charge is 0.251 e. The molecule has 2 aromatic heterocycles. The Hall–Kier alpha value is -4.04. The number of carbonyl (C=O) groups excluding carboxylic acids is 1. The number of nitrogens with zero attached hydrogens (tertiary/aromatic N) is 3. The van der Waals surface area contributed by atoms with Gasteiger partial charge < -0.3 is 15.8 Å². The second kappa shape index (κ2) is 9.78. The maximum Gasteiger partial charge on any atom is 0.251 e. The zero-order valence-electron chi connectivity index (χ0n) is 20.5. The first-order valence-corrected chi connectivity index (χ1v) is 13.3. The lowest BCUT2D eigenvalue weighted by molar-refractivity contribution is 0.0940. The third-order valence-electron chi connectivity index (χ3n) is 6.86. The van der Waals surface area contributed by atoms with Crippen molar-refractivity contribution < 1.29 is 9.53 Å². The Labute approximate surface area is 219 Å². The number of ether oxygens (including phenoxy) is 1. The number of hydrogen-bond acceptors (Lipinski definition) is 7. The van der Waals surface area contributed by atoms with E-state index in [1.54, 1.807) is 17.5 Å². The molecular weight excluding hydrogens is 482 g/mol. The van der Waals surface area contributed by atoms with E-state index in [1.807, 2.05) is 37.3 Å². The van der Waals surface area contributed by atoms with Gasteiger partial charge >= 0.3 is 0 Å². The highest BCUT2D eigenvalue weighted by Gasteiger charge is 2.28. The van der Waals surface area contributed by atoms with Crippen molar-refractivity contribution in [3.8, 4) is 17.0 Å². The van der Waals surface area contributed by atoms with Crippen molar-refractivity contribution in [1.82, 2.24) is 15.3 Å². The van der Waals surface area contributed by atoms with Gasteiger partial charge in [0.15, 0.2) is 0 Å². The summed E-state index contributed by atoms with van der Waals surface area (Å²) in [5, 5.41) is 5.19. The van der Waals surface area contributed by atoms with Gasteiger partial charge in [-0.2, -0.15) is 0 Å². The van der Waals surface area contributed by atoms with Crippen LogP contribution in [0.1, 0.15) is 33.3 Å². The molecule has 2 aliphatic rings. The highest BCUT2D eigenvalue weighted by Crippen LogP contribution is 2.36. The largest absolute Gasteiger partial charge is 0.493 e. The summed E-state index contributed by atoms with van der Waals surface area (Å²) < 4.78 is 6.10. The molecule has 0 fully saturated rings. The third-order valence-corrected chi connectivity index (χ3v) is 7.75. The molecule has 186 valence electrons. The number of hydrogen-bond donors (Lipinski definition) is 2. The fourth-order valence-corrected chi connectivity index (χ4v) is 5.81. The summed E-state index contributed by atoms with van der Waals surface area (Å²) in [5.74, 6) is 1.20. The van der Waals surface area contributed by atoms with E-state index in [9.17, 15) is 4.79 Å². The predicted molar refractivity (Wildman–Crippen MR) is 147 cm³/mol. The molecule has 8 heteroatoms. The first-order valence-electron chi connectivity index (χ1n) is 12.4. The summed E-state index contributed by atoms with van der Waals surface area (Å²) in [6, 6.07) is 18.0. The Morgan fingerprint density at radius 3 is 2.95 bits per heavy atom. The summed E-state index contributed by atoms with van der Waals surface area (Å²) in [4.78, 5) is 27.5. The van der Waals surface area contributed by atoms with Gasteiger partial charge in [-0.1, -0.05) is 18.2 Å². The second-order valence-electron chi connectivity index (χ2n) is 9.62. The molecule has 37 heavy (non-hydrogen) atoms. The van der Waals surface area contributed by atoms with E-state index in [0.29, 0.717) is 12.2 Å². The monoisotopic (exact) mass is 509 g/mol. The third kappa shape index (κ3) is 4.97. The van der Waals surface area contributed by atoms with E-state index < -0.39 is 0 Å². The minimum absolute atomic E-state index is 0.0567. The number of anilines is 1. The van der Waals surface area contributed by atoms with Crippen LogP contribution in [-0.2, 0) is 19.3 Å². The van der Waals surface area contributed by atoms with E-state index in [4.69, 9.17) is 15.5 Å². The average molecular weight is 510 g/mol. The summed E-state index contributed by atoms with van der Waals surface area (Å²) >= 11 is 1.71. The number of aromatic nitrogens is 2. The van der Waals surface area contributed by atoms with E-state index >= 15 is 0 Å². The first-order chi connectivity index (χ1) is 18.0. The summed E-state index contributed by atoms with van der Waals surface area (Å²) in [6.45, 7) is 2.62. The summed E-state index contributed by atoms with van der Waals surface area (Å²) in [7, 11) is 0. The number of nitrogens with two attached hydrogens (primary N) is 1. The van der Waals surface area contributed by atoms with Gasteiger partial charge in [0, 0.05) is 52.7 Å². The maximum atomic E-state index is 12.9. The van der Waals surface area contributed by atoms with Gasteiger partial charge in [-0.05, 0) is 66.2 Å². The molecule has 2 aliphatic heterocycles. The Kier molecular flexibility index (Phi) is 6.18. The molecule has 3 N–H and O–H groups in total. The maximum absolute atomic E-state index is 12.9. The van der Waals surface area contributed by atoms with Crippen LogP contribution in [0.15, 0.2) is 71.2 Å². The number of fused-ring (bicyclic) bond motifs is 2. The van der Waals surface area contributed by atoms with E-state index in [0.717, 1.165) is 53.2 Å². The number of rotatable bonds is 6. The molecule has 7 nitrogen and oxygen atoms in total. The van der Waals surface area contributed by atoms with Crippen LogP contribution in [-0.4, -0.2) is 34.2 Å². The molecule has 2 atom stereocenters. The molecule has 0 bridgehead atoms. The van der Waals surface area contributed by atoms with Gasteiger partial charge in [-0.25, -0.2) is 9.97 Å². The number of thiophene rings is 1. The van der Waals surface area contributed by atoms with Crippen molar-refractivity contribution >= 4 is 34.6 Å². The molecule has 2 aromatic carbocycles.